The summed E-state index contributed by atoms with van der Waals surface area (Å²) in [6, 6.07) is -0.891. The van der Waals surface area contributed by atoms with E-state index in [1.54, 1.807) is 10.3 Å². The van der Waals surface area contributed by atoms with Crippen LogP contribution in [0.5, 0.6) is 0 Å². The molecule has 5 aliphatic rings. The number of nitrogens with two attached hydrogens (primary N) is 1. The summed E-state index contributed by atoms with van der Waals surface area (Å²) in [5, 5.41) is 20.1. The van der Waals surface area contributed by atoms with Crippen LogP contribution in [0.1, 0.15) is 25.0 Å². The van der Waals surface area contributed by atoms with Gasteiger partial charge in [0.1, 0.15) is 30.8 Å². The molecule has 6 heterocycles. The van der Waals surface area contributed by atoms with Gasteiger partial charge in [0.25, 0.3) is 11.8 Å². The first-order chi connectivity index (χ1) is 19.6. The van der Waals surface area contributed by atoms with E-state index in [4.69, 9.17) is 10.6 Å². The molecule has 16 heteroatoms. The lowest BCUT2D eigenvalue weighted by Crippen LogP contribution is -2.71. The van der Waals surface area contributed by atoms with E-state index in [0.717, 1.165) is 53.9 Å². The number of aliphatic carboxylic acids is 1. The number of carboxylic acids is 1. The van der Waals surface area contributed by atoms with Gasteiger partial charge in [0, 0.05) is 41.5 Å². The second-order valence-electron chi connectivity index (χ2n) is 10.4. The van der Waals surface area contributed by atoms with E-state index in [1.807, 2.05) is 24.0 Å². The number of nitrogens with zero attached hydrogens (tertiary/aromatic N) is 5. The first-order valence-electron chi connectivity index (χ1n) is 13.1. The number of quaternary nitrogens is 1. The average molecular weight is 622 g/mol. The zero-order chi connectivity index (χ0) is 29.3. The molecule has 3 fully saturated rings. The molecular weight excluding hydrogens is 591 g/mol. The van der Waals surface area contributed by atoms with Crippen molar-refractivity contribution in [2.24, 2.45) is 5.16 Å². The molecule has 6 rings (SSSR count). The Morgan fingerprint density at radius 2 is 2.05 bits per heavy atom. The molecule has 0 radical (unpaired) electrons. The molecule has 0 aliphatic carbocycles. The van der Waals surface area contributed by atoms with Gasteiger partial charge in [-0.05, 0) is 0 Å². The summed E-state index contributed by atoms with van der Waals surface area (Å²) in [4.78, 5) is 60.2. The van der Waals surface area contributed by atoms with Gasteiger partial charge in [-0.3, -0.25) is 19.3 Å². The van der Waals surface area contributed by atoms with Gasteiger partial charge in [-0.15, -0.1) is 34.9 Å². The molecule has 3 atom stereocenters. The third-order valence-electron chi connectivity index (χ3n) is 7.51. The van der Waals surface area contributed by atoms with Gasteiger partial charge in [0.05, 0.1) is 43.6 Å². The Bertz CT molecular complexity index is 1340. The Morgan fingerprint density at radius 3 is 2.63 bits per heavy atom. The molecule has 0 unspecified atom stereocenters. The highest BCUT2D eigenvalue weighted by Crippen LogP contribution is 2.41. The summed E-state index contributed by atoms with van der Waals surface area (Å²) >= 11 is 4.41. The Morgan fingerprint density at radius 1 is 1.29 bits per heavy atom. The van der Waals surface area contributed by atoms with Crippen LogP contribution in [0.25, 0.3) is 0 Å². The Labute approximate surface area is 249 Å². The van der Waals surface area contributed by atoms with E-state index in [-0.39, 0.29) is 28.1 Å². The normalized spacial score (nSPS) is 26.3. The number of oxime groups is 1. The van der Waals surface area contributed by atoms with E-state index in [0.29, 0.717) is 23.2 Å². The van der Waals surface area contributed by atoms with Crippen molar-refractivity contribution in [2.75, 3.05) is 51.0 Å². The van der Waals surface area contributed by atoms with Gasteiger partial charge in [-0.1, -0.05) is 11.2 Å². The predicted octanol–water partition coefficient (Wildman–Crippen LogP) is -0.475. The maximum Gasteiger partial charge on any atom is 0.276 e. The predicted molar refractivity (Wildman–Crippen MR) is 154 cm³/mol. The number of nitrogen functional groups attached to an aromatic ring is 1. The second kappa shape index (κ2) is 12.0. The molecule has 3 saturated heterocycles. The number of carboxylic acid groups (broad SMARTS) is 1. The van der Waals surface area contributed by atoms with Gasteiger partial charge in [0.2, 0.25) is 5.91 Å². The number of thioether (sulfide) groups is 2. The topological polar surface area (TPSA) is 170 Å². The van der Waals surface area contributed by atoms with Crippen molar-refractivity contribution in [3.05, 3.63) is 34.6 Å². The number of aromatic nitrogens is 1. The molecule has 0 bridgehead atoms. The van der Waals surface area contributed by atoms with Crippen LogP contribution in [0.2, 0.25) is 0 Å². The van der Waals surface area contributed by atoms with Crippen LogP contribution in [-0.4, -0.2) is 111 Å². The van der Waals surface area contributed by atoms with Crippen molar-refractivity contribution in [2.45, 2.75) is 36.1 Å². The molecule has 5 aliphatic heterocycles. The van der Waals surface area contributed by atoms with Crippen LogP contribution in [-0.2, 0) is 24.0 Å². The highest BCUT2D eigenvalue weighted by molar-refractivity contribution is 8.00. The monoisotopic (exact) mass is 621 g/mol. The fourth-order valence-corrected chi connectivity index (χ4v) is 8.37. The lowest BCUT2D eigenvalue weighted by atomic mass is 10.0. The summed E-state index contributed by atoms with van der Waals surface area (Å²) in [5.41, 5.74) is 6.39. The first kappa shape index (κ1) is 29.4. The Kier molecular flexibility index (Phi) is 8.63. The summed E-state index contributed by atoms with van der Waals surface area (Å²) in [6.07, 6.45) is 6.88. The maximum absolute atomic E-state index is 12.9. The number of amides is 3. The third kappa shape index (κ3) is 5.96. The van der Waals surface area contributed by atoms with Gasteiger partial charge < -0.3 is 35.2 Å². The number of hydrogen-bond acceptors (Lipinski definition) is 12. The minimum Gasteiger partial charge on any atom is -0.543 e. The van der Waals surface area contributed by atoms with Crippen molar-refractivity contribution in [3.63, 3.8) is 0 Å². The number of β-lactam (4-membered cyclic amide) rings is 2. The van der Waals surface area contributed by atoms with E-state index >= 15 is 0 Å². The summed E-state index contributed by atoms with van der Waals surface area (Å²) in [6.45, 7) is 2.53. The molecular formula is C25H31N7O6S3. The lowest BCUT2D eigenvalue weighted by Gasteiger charge is -2.51. The zero-order valence-corrected chi connectivity index (χ0v) is 25.1. The number of anilines is 1. The van der Waals surface area contributed by atoms with Gasteiger partial charge in [0.15, 0.2) is 10.8 Å². The third-order valence-corrected chi connectivity index (χ3v) is 10.7. The Balaban J connectivity index is 0.000000315. The SMILES string of the molecule is CO/N=C(\C(=O)N[C@@H]1C(=O)N2C(C(=O)[O-])=C(C[N+]3(C)CCCC3)CS[C@H]12)c1csc(N)n1.O=C1C[C@H]2SCC=CN12. The fourth-order valence-electron chi connectivity index (χ4n) is 5.46. The number of likely N-dealkylation sites (N-methyl/N-ethyl adjacent to an activating group) is 1. The minimum atomic E-state index is -1.37. The van der Waals surface area contributed by atoms with Crippen LogP contribution in [0, 0.1) is 0 Å². The van der Waals surface area contributed by atoms with E-state index in [2.05, 4.69) is 22.5 Å². The molecule has 0 aromatic carbocycles. The molecule has 1 aromatic rings. The van der Waals surface area contributed by atoms with Gasteiger partial charge in [-0.2, -0.15) is 0 Å². The van der Waals surface area contributed by atoms with Crippen molar-refractivity contribution < 1.29 is 33.6 Å². The molecule has 3 N–H and O–H groups in total. The number of likely N-dealkylation sites (tertiary alicyclic amines) is 1. The average Bonchev–Trinajstić information content (AvgIpc) is 3.57. The number of hydrogen-bond donors (Lipinski definition) is 2. The zero-order valence-electron chi connectivity index (χ0n) is 22.6. The first-order valence-corrected chi connectivity index (χ1v) is 16.0. The maximum atomic E-state index is 12.9. The van der Waals surface area contributed by atoms with Crippen LogP contribution in [0.15, 0.2) is 34.1 Å². The second-order valence-corrected chi connectivity index (χ2v) is 13.6. The fraction of sp³-hybridized carbons (Fsp3) is 0.520. The quantitative estimate of drug-likeness (QED) is 0.176. The van der Waals surface area contributed by atoms with E-state index in [9.17, 15) is 24.3 Å². The van der Waals surface area contributed by atoms with Gasteiger partial charge in [-0.25, -0.2) is 4.98 Å². The number of nitrogens with one attached hydrogen (secondary N) is 1. The molecule has 1 aromatic heterocycles. The van der Waals surface area contributed by atoms with Crippen LogP contribution in [0.3, 0.4) is 0 Å². The van der Waals surface area contributed by atoms with E-state index in [1.165, 1.54) is 23.8 Å². The van der Waals surface area contributed by atoms with Crippen molar-refractivity contribution in [3.8, 4) is 0 Å². The summed E-state index contributed by atoms with van der Waals surface area (Å²) in [7, 11) is 3.39. The highest BCUT2D eigenvalue weighted by Gasteiger charge is 2.53. The van der Waals surface area contributed by atoms with E-state index < -0.39 is 29.2 Å². The summed E-state index contributed by atoms with van der Waals surface area (Å²) < 4.78 is 0.757. The molecule has 0 spiro atoms. The molecule has 220 valence electrons. The number of fused-ring (bicyclic) bond motifs is 2. The lowest BCUT2D eigenvalue weighted by molar-refractivity contribution is -0.893. The highest BCUT2D eigenvalue weighted by atomic mass is 32.2. The molecule has 0 saturated carbocycles. The van der Waals surface area contributed by atoms with Crippen molar-refractivity contribution in [1.29, 1.82) is 0 Å². The van der Waals surface area contributed by atoms with Crippen LogP contribution >= 0.6 is 34.9 Å². The molecule has 13 nitrogen and oxygen atoms in total. The molecule has 3 amide bonds. The van der Waals surface area contributed by atoms with Gasteiger partial charge >= 0.3 is 0 Å². The Hall–Kier alpha value is -3.08. The van der Waals surface area contributed by atoms with Crippen molar-refractivity contribution >= 4 is 69.4 Å². The number of carbonyl (C=O) groups excluding carboxylic acids is 4. The minimum absolute atomic E-state index is 0.0615. The number of rotatable bonds is 7. The van der Waals surface area contributed by atoms with Crippen LogP contribution in [0.4, 0.5) is 5.13 Å². The van der Waals surface area contributed by atoms with Crippen molar-refractivity contribution in [1.82, 2.24) is 20.1 Å². The number of carbonyl (C=O) groups is 4. The van der Waals surface area contributed by atoms with Crippen LogP contribution < -0.4 is 16.2 Å². The summed E-state index contributed by atoms with van der Waals surface area (Å²) in [5.74, 6) is -0.729. The number of thiazole rings is 1. The molecule has 41 heavy (non-hydrogen) atoms. The largest absolute Gasteiger partial charge is 0.543 e. The standard InChI is InChI=1S/C19H24N6O5S2.C6H7NOS/c1-25(5-3-4-6-25)7-10-8-31-17-13(16(27)24(17)14(10)18(28)29)22-15(26)12(23-30-2)11-9-32-19(20)21-11;8-5-4-6-7(5)2-1-3-9-6/h9,13,17H,3-8H2,1-2H3,(H3-,20,21,22,26,28,29);1-2,6H,3-4H2/b23-12-;/t13-,17-;6-/m11/s1. The smallest absolute Gasteiger partial charge is 0.276 e.